The van der Waals surface area contributed by atoms with Gasteiger partial charge in [-0.2, -0.15) is 8.42 Å². The van der Waals surface area contributed by atoms with Crippen LogP contribution in [0.3, 0.4) is 0 Å². The lowest BCUT2D eigenvalue weighted by Crippen LogP contribution is -2.19. The number of nitro groups is 1. The molecule has 0 fully saturated rings. The van der Waals surface area contributed by atoms with Crippen molar-refractivity contribution in [3.05, 3.63) is 81.7 Å². The molecule has 2 aromatic heterocycles. The smallest absolute Gasteiger partial charge is 0.394 e. The fourth-order valence-corrected chi connectivity index (χ4v) is 1.70. The molecule has 0 unspecified atom stereocenters. The fourth-order valence-electron chi connectivity index (χ4n) is 1.70. The Morgan fingerprint density at radius 1 is 0.912 bits per heavy atom. The zero-order chi connectivity index (χ0) is 27.4. The summed E-state index contributed by atoms with van der Waals surface area (Å²) in [4.78, 5) is 65.1. The normalized spacial score (nSPS) is 9.53. The summed E-state index contributed by atoms with van der Waals surface area (Å²) in [5.41, 5.74) is -2.00. The molecule has 34 heavy (non-hydrogen) atoms. The number of carbonyl (C=O) groups is 2. The predicted molar refractivity (Wildman–Crippen MR) is 107 cm³/mol. The lowest BCUT2D eigenvalue weighted by molar-refractivity contribution is -0.742. The quantitative estimate of drug-likeness (QED) is 0.157. The van der Waals surface area contributed by atoms with Crippen molar-refractivity contribution in [3.63, 3.8) is 0 Å². The van der Waals surface area contributed by atoms with Crippen LogP contribution in [0.5, 0.6) is 0 Å². The molecule has 0 aliphatic carbocycles. The monoisotopic (exact) mass is 512 g/mol. The minimum absolute atomic E-state index is 0.0324. The summed E-state index contributed by atoms with van der Waals surface area (Å²) in [6, 6.07) is 3.58. The van der Waals surface area contributed by atoms with E-state index < -0.39 is 54.7 Å². The molecule has 0 bridgehead atoms. The number of hydrogen-bond acceptors (Lipinski definition) is 10. The first kappa shape index (κ1) is 31.5. The highest BCUT2D eigenvalue weighted by atomic mass is 32.3. The number of aromatic nitrogens is 2. The zero-order valence-electron chi connectivity index (χ0n) is 16.9. The Bertz CT molecular complexity index is 1270. The molecule has 0 aromatic carbocycles. The third-order valence-electron chi connectivity index (χ3n) is 2.92. The van der Waals surface area contributed by atoms with E-state index in [4.69, 9.17) is 43.1 Å². The highest BCUT2D eigenvalue weighted by Gasteiger charge is 2.18. The Balaban J connectivity index is 0. The number of aromatic amines is 2. The third kappa shape index (κ3) is 14.3. The van der Waals surface area contributed by atoms with Crippen molar-refractivity contribution in [1.29, 1.82) is 0 Å². The molecule has 19 nitrogen and oxygen atoms in total. The molecule has 188 valence electrons. The van der Waals surface area contributed by atoms with E-state index in [2.05, 4.69) is 9.97 Å². The molecule has 7 N–H and O–H groups in total. The second-order valence-electron chi connectivity index (χ2n) is 5.46. The van der Waals surface area contributed by atoms with E-state index >= 15 is 0 Å². The Hall–Kier alpha value is -4.69. The van der Waals surface area contributed by atoms with Gasteiger partial charge in [-0.1, -0.05) is 0 Å². The Morgan fingerprint density at radius 2 is 1.29 bits per heavy atom. The SMILES string of the molecule is Cc1[nH]c(=O)c(C(=O)O)cc1[N+](=O)[O-].Cc1ccc(C(=O)O)c(=O)[nH]1.O=S(=O)(O)O.O=[N+]([O-])O. The second kappa shape index (κ2) is 13.7. The van der Waals surface area contributed by atoms with E-state index in [1.807, 2.05) is 0 Å². The summed E-state index contributed by atoms with van der Waals surface area (Å²) < 4.78 is 31.6. The van der Waals surface area contributed by atoms with Crippen LogP contribution in [-0.4, -0.2) is 64.9 Å². The van der Waals surface area contributed by atoms with Gasteiger partial charge < -0.3 is 25.4 Å². The average molecular weight is 512 g/mol. The number of H-pyrrole nitrogens is 2. The average Bonchev–Trinajstić information content (AvgIpc) is 2.59. The van der Waals surface area contributed by atoms with E-state index in [0.717, 1.165) is 6.07 Å². The summed E-state index contributed by atoms with van der Waals surface area (Å²) in [5, 5.41) is 41.0. The molecule has 2 heterocycles. The number of rotatable bonds is 3. The zero-order valence-corrected chi connectivity index (χ0v) is 17.7. The fraction of sp³-hybridized carbons (Fsp3) is 0.143. The van der Waals surface area contributed by atoms with Gasteiger partial charge in [0.1, 0.15) is 11.1 Å². The van der Waals surface area contributed by atoms with Crippen molar-refractivity contribution in [2.75, 3.05) is 0 Å². The molecule has 0 saturated carbocycles. The summed E-state index contributed by atoms with van der Waals surface area (Å²) in [7, 11) is -4.67. The van der Waals surface area contributed by atoms with Crippen molar-refractivity contribution in [3.8, 4) is 0 Å². The second-order valence-corrected chi connectivity index (χ2v) is 6.36. The summed E-state index contributed by atoms with van der Waals surface area (Å²) in [6.07, 6.45) is 0. The molecule has 0 aliphatic rings. The molecule has 2 aromatic rings. The molecular weight excluding hydrogens is 496 g/mol. The molecule has 0 atom stereocenters. The lowest BCUT2D eigenvalue weighted by Gasteiger charge is -1.97. The van der Waals surface area contributed by atoms with Gasteiger partial charge in [-0.05, 0) is 26.0 Å². The van der Waals surface area contributed by atoms with Gasteiger partial charge in [0, 0.05) is 11.8 Å². The standard InChI is InChI=1S/C7H6N2O5.C7H7NO3.HNO3.H2O4S/c1-3-5(9(13)14)2-4(7(11)12)6(10)8-3;1-4-2-3-5(7(10)11)6(9)8-4;2-1(3)4;1-5(2,3)4/h2H,1H3,(H,8,10)(H,11,12);2-3H,1H3,(H,8,9)(H,10,11);(H,2,3,4);(H2,1,2,3,4). The Kier molecular flexibility index (Phi) is 12.7. The number of nitrogens with zero attached hydrogens (tertiary/aromatic N) is 2. The topological polar surface area (TPSA) is 321 Å². The molecule has 20 heteroatoms. The minimum atomic E-state index is -4.67. The molecular formula is C14H16N4O15S. The van der Waals surface area contributed by atoms with Crippen LogP contribution < -0.4 is 11.1 Å². The van der Waals surface area contributed by atoms with E-state index in [0.29, 0.717) is 5.69 Å². The largest absolute Gasteiger partial charge is 0.477 e. The summed E-state index contributed by atoms with van der Waals surface area (Å²) >= 11 is 0. The molecule has 0 aliphatic heterocycles. The maximum Gasteiger partial charge on any atom is 0.394 e. The first-order chi connectivity index (χ1) is 15.3. The maximum atomic E-state index is 11.0. The van der Waals surface area contributed by atoms with Crippen molar-refractivity contribution >= 4 is 28.0 Å². The Morgan fingerprint density at radius 3 is 1.62 bits per heavy atom. The van der Waals surface area contributed by atoms with Gasteiger partial charge in [0.15, 0.2) is 0 Å². The van der Waals surface area contributed by atoms with E-state index in [1.165, 1.54) is 13.0 Å². The van der Waals surface area contributed by atoms with Crippen molar-refractivity contribution in [2.24, 2.45) is 0 Å². The van der Waals surface area contributed by atoms with Gasteiger partial charge in [0.25, 0.3) is 21.9 Å². The number of carboxylic acids is 2. The van der Waals surface area contributed by atoms with Gasteiger partial charge in [-0.3, -0.25) is 28.8 Å². The van der Waals surface area contributed by atoms with Crippen LogP contribution in [0, 0.1) is 34.1 Å². The first-order valence-electron chi connectivity index (χ1n) is 7.85. The van der Waals surface area contributed by atoms with Crippen molar-refractivity contribution in [1.82, 2.24) is 9.97 Å². The summed E-state index contributed by atoms with van der Waals surface area (Å²) in [6.45, 7) is 3.01. The van der Waals surface area contributed by atoms with Gasteiger partial charge >= 0.3 is 22.3 Å². The first-order valence-corrected chi connectivity index (χ1v) is 9.25. The lowest BCUT2D eigenvalue weighted by atomic mass is 10.2. The molecule has 0 amide bonds. The highest BCUT2D eigenvalue weighted by Crippen LogP contribution is 2.14. The number of hydrogen-bond donors (Lipinski definition) is 7. The number of carboxylic acid groups (broad SMARTS) is 2. The third-order valence-corrected chi connectivity index (χ3v) is 2.92. The van der Waals surface area contributed by atoms with Crippen molar-refractivity contribution < 1.29 is 52.5 Å². The van der Waals surface area contributed by atoms with E-state index in [-0.39, 0.29) is 11.3 Å². The van der Waals surface area contributed by atoms with Crippen LogP contribution in [0.1, 0.15) is 32.1 Å². The van der Waals surface area contributed by atoms with Gasteiger partial charge in [-0.15, -0.1) is 10.1 Å². The number of aryl methyl sites for hydroxylation is 2. The summed E-state index contributed by atoms with van der Waals surface area (Å²) in [5.74, 6) is -2.69. The number of pyridine rings is 2. The molecule has 0 radical (unpaired) electrons. The van der Waals surface area contributed by atoms with E-state index in [9.17, 15) is 29.3 Å². The van der Waals surface area contributed by atoms with Crippen LogP contribution in [0.2, 0.25) is 0 Å². The van der Waals surface area contributed by atoms with Crippen LogP contribution in [0.25, 0.3) is 0 Å². The van der Waals surface area contributed by atoms with Gasteiger partial charge in [0.2, 0.25) is 0 Å². The highest BCUT2D eigenvalue weighted by molar-refractivity contribution is 7.79. The van der Waals surface area contributed by atoms with Gasteiger partial charge in [0.05, 0.1) is 10.6 Å². The molecule has 0 saturated heterocycles. The number of aromatic carboxylic acids is 2. The maximum absolute atomic E-state index is 11.0. The van der Waals surface area contributed by atoms with Crippen LogP contribution in [0.15, 0.2) is 27.8 Å². The number of nitrogens with one attached hydrogen (secondary N) is 2. The van der Waals surface area contributed by atoms with Crippen molar-refractivity contribution in [2.45, 2.75) is 13.8 Å². The Labute approximate surface area is 186 Å². The molecule has 0 spiro atoms. The van der Waals surface area contributed by atoms with E-state index in [1.54, 1.807) is 13.0 Å². The minimum Gasteiger partial charge on any atom is -0.477 e. The predicted octanol–water partition coefficient (Wildman–Crippen LogP) is -0.329. The van der Waals surface area contributed by atoms with Crippen LogP contribution in [-0.2, 0) is 10.4 Å². The van der Waals surface area contributed by atoms with Crippen LogP contribution >= 0.6 is 0 Å². The molecule has 2 rings (SSSR count). The van der Waals surface area contributed by atoms with Crippen LogP contribution in [0.4, 0.5) is 5.69 Å². The van der Waals surface area contributed by atoms with Gasteiger partial charge in [-0.25, -0.2) is 9.59 Å².